The molecule has 0 amide bonds. The highest BCUT2D eigenvalue weighted by Gasteiger charge is 2.39. The smallest absolute Gasteiger partial charge is 0.160 e. The third-order valence-corrected chi connectivity index (χ3v) is 12.7. The standard InChI is InChI=1S/C54H40N2/c1-53(2)43-25-13-12-22-41(43)49-42(24-15-26-44(49)53)48-32-47(55-52(56-48)34-17-6-5-7-18-34)39-30-29-38(36-20-10-11-21-37(36)39)40-23-14-27-45-51(40)50-35-19-9-8-16-33(35)28-31-46(50)54(45,3)4/h5-32H,1-4H3. The zero-order valence-corrected chi connectivity index (χ0v) is 32.1. The molecule has 2 aliphatic rings. The number of nitrogens with zero attached hydrogens (tertiary/aromatic N) is 2. The summed E-state index contributed by atoms with van der Waals surface area (Å²) in [4.78, 5) is 10.7. The highest BCUT2D eigenvalue weighted by Crippen LogP contribution is 2.56. The van der Waals surface area contributed by atoms with Crippen molar-refractivity contribution in [2.45, 2.75) is 38.5 Å². The van der Waals surface area contributed by atoms with Crippen LogP contribution in [0.15, 0.2) is 170 Å². The van der Waals surface area contributed by atoms with Crippen LogP contribution in [0.1, 0.15) is 49.9 Å². The van der Waals surface area contributed by atoms with E-state index in [4.69, 9.17) is 9.97 Å². The molecule has 56 heavy (non-hydrogen) atoms. The van der Waals surface area contributed by atoms with Crippen molar-refractivity contribution in [1.29, 1.82) is 0 Å². The van der Waals surface area contributed by atoms with Gasteiger partial charge in [0.15, 0.2) is 5.82 Å². The molecule has 11 rings (SSSR count). The van der Waals surface area contributed by atoms with Crippen molar-refractivity contribution in [2.24, 2.45) is 0 Å². The van der Waals surface area contributed by atoms with Gasteiger partial charge in [-0.1, -0.05) is 191 Å². The minimum absolute atomic E-state index is 0.105. The van der Waals surface area contributed by atoms with E-state index in [9.17, 15) is 0 Å². The molecular formula is C54H40N2. The van der Waals surface area contributed by atoms with E-state index in [2.05, 4.69) is 191 Å². The van der Waals surface area contributed by atoms with Gasteiger partial charge in [-0.3, -0.25) is 0 Å². The van der Waals surface area contributed by atoms with Crippen molar-refractivity contribution < 1.29 is 0 Å². The fourth-order valence-electron chi connectivity index (χ4n) is 9.94. The van der Waals surface area contributed by atoms with Crippen molar-refractivity contribution >= 4 is 21.5 Å². The van der Waals surface area contributed by atoms with Crippen molar-refractivity contribution in [3.05, 3.63) is 192 Å². The molecule has 266 valence electrons. The van der Waals surface area contributed by atoms with Gasteiger partial charge in [-0.25, -0.2) is 9.97 Å². The molecule has 0 unspecified atom stereocenters. The van der Waals surface area contributed by atoms with Gasteiger partial charge in [0, 0.05) is 27.5 Å². The SMILES string of the molecule is CC1(C)c2ccccc2-c2c(-c3cc(-c4ccc(-c5cccc6c5-c5c(ccc7ccccc57)C6(C)C)c5ccccc45)nc(-c4ccccc4)n3)cccc21. The van der Waals surface area contributed by atoms with E-state index >= 15 is 0 Å². The molecule has 0 saturated heterocycles. The van der Waals surface area contributed by atoms with Gasteiger partial charge in [-0.2, -0.15) is 0 Å². The first-order valence-corrected chi connectivity index (χ1v) is 19.7. The second-order valence-electron chi connectivity index (χ2n) is 16.5. The molecule has 0 N–H and O–H groups in total. The maximum Gasteiger partial charge on any atom is 0.160 e. The molecule has 0 spiro atoms. The number of aromatic nitrogens is 2. The third kappa shape index (κ3) is 4.62. The largest absolute Gasteiger partial charge is 0.228 e. The predicted molar refractivity (Wildman–Crippen MR) is 234 cm³/mol. The zero-order chi connectivity index (χ0) is 37.8. The van der Waals surface area contributed by atoms with Crippen LogP contribution in [-0.4, -0.2) is 9.97 Å². The Balaban J connectivity index is 1.15. The molecule has 2 nitrogen and oxygen atoms in total. The molecule has 9 aromatic rings. The lowest BCUT2D eigenvalue weighted by Gasteiger charge is -2.22. The molecule has 8 aromatic carbocycles. The number of hydrogen-bond acceptors (Lipinski definition) is 2. The first-order chi connectivity index (χ1) is 27.3. The maximum absolute atomic E-state index is 5.35. The molecule has 0 fully saturated rings. The van der Waals surface area contributed by atoms with E-state index in [1.165, 1.54) is 77.2 Å². The minimum atomic E-state index is -0.112. The Morgan fingerprint density at radius 3 is 1.66 bits per heavy atom. The quantitative estimate of drug-likeness (QED) is 0.181. The van der Waals surface area contributed by atoms with E-state index in [1.54, 1.807) is 0 Å². The summed E-state index contributed by atoms with van der Waals surface area (Å²) in [7, 11) is 0. The molecule has 2 heteroatoms. The van der Waals surface area contributed by atoms with Gasteiger partial charge in [0.25, 0.3) is 0 Å². The fraction of sp³-hybridized carbons (Fsp3) is 0.111. The normalized spacial score (nSPS) is 14.4. The minimum Gasteiger partial charge on any atom is -0.228 e. The van der Waals surface area contributed by atoms with Crippen molar-refractivity contribution in [1.82, 2.24) is 9.97 Å². The number of benzene rings is 8. The Kier molecular flexibility index (Phi) is 6.98. The van der Waals surface area contributed by atoms with Gasteiger partial charge in [0.2, 0.25) is 0 Å². The zero-order valence-electron chi connectivity index (χ0n) is 32.1. The Hall–Kier alpha value is -6.64. The van der Waals surface area contributed by atoms with E-state index < -0.39 is 0 Å². The van der Waals surface area contributed by atoms with Crippen LogP contribution in [-0.2, 0) is 10.8 Å². The molecule has 0 atom stereocenters. The lowest BCUT2D eigenvalue weighted by Crippen LogP contribution is -2.14. The monoisotopic (exact) mass is 716 g/mol. The summed E-state index contributed by atoms with van der Waals surface area (Å²) in [6.07, 6.45) is 0. The van der Waals surface area contributed by atoms with Crippen LogP contribution >= 0.6 is 0 Å². The van der Waals surface area contributed by atoms with Gasteiger partial charge in [0.05, 0.1) is 11.4 Å². The number of fused-ring (bicyclic) bond motifs is 9. The van der Waals surface area contributed by atoms with E-state index in [-0.39, 0.29) is 10.8 Å². The second-order valence-corrected chi connectivity index (χ2v) is 16.5. The Morgan fingerprint density at radius 2 is 0.875 bits per heavy atom. The second kappa shape index (κ2) is 11.9. The Bertz CT molecular complexity index is 3080. The average molecular weight is 717 g/mol. The Morgan fingerprint density at radius 1 is 0.339 bits per heavy atom. The van der Waals surface area contributed by atoms with Gasteiger partial charge in [-0.05, 0) is 83.2 Å². The number of rotatable bonds is 4. The first-order valence-electron chi connectivity index (χ1n) is 19.7. The van der Waals surface area contributed by atoms with Gasteiger partial charge in [-0.15, -0.1) is 0 Å². The number of hydrogen-bond donors (Lipinski definition) is 0. The molecule has 2 aliphatic carbocycles. The van der Waals surface area contributed by atoms with Crippen molar-refractivity contribution in [3.8, 4) is 67.3 Å². The fourth-order valence-corrected chi connectivity index (χ4v) is 9.94. The van der Waals surface area contributed by atoms with Crippen molar-refractivity contribution in [3.63, 3.8) is 0 Å². The van der Waals surface area contributed by atoms with E-state index in [0.717, 1.165) is 33.9 Å². The van der Waals surface area contributed by atoms with E-state index in [1.807, 2.05) is 6.07 Å². The summed E-state index contributed by atoms with van der Waals surface area (Å²) in [5.74, 6) is 0.723. The summed E-state index contributed by atoms with van der Waals surface area (Å²) in [5, 5.41) is 4.97. The topological polar surface area (TPSA) is 25.8 Å². The average Bonchev–Trinajstić information content (AvgIpc) is 3.63. The van der Waals surface area contributed by atoms with E-state index in [0.29, 0.717) is 0 Å². The summed E-state index contributed by atoms with van der Waals surface area (Å²) in [5.41, 5.74) is 18.1. The van der Waals surface area contributed by atoms with Gasteiger partial charge >= 0.3 is 0 Å². The van der Waals surface area contributed by atoms with Crippen LogP contribution in [0.4, 0.5) is 0 Å². The molecule has 1 heterocycles. The van der Waals surface area contributed by atoms with Crippen LogP contribution in [0.3, 0.4) is 0 Å². The molecule has 1 aromatic heterocycles. The maximum atomic E-state index is 5.35. The van der Waals surface area contributed by atoms with Crippen molar-refractivity contribution in [2.75, 3.05) is 0 Å². The van der Waals surface area contributed by atoms with Gasteiger partial charge < -0.3 is 0 Å². The van der Waals surface area contributed by atoms with Crippen LogP contribution in [0, 0.1) is 0 Å². The molecule has 0 bridgehead atoms. The molecule has 0 aliphatic heterocycles. The first kappa shape index (κ1) is 32.8. The summed E-state index contributed by atoms with van der Waals surface area (Å²) in [6.45, 7) is 9.41. The predicted octanol–water partition coefficient (Wildman–Crippen LogP) is 14.1. The molecule has 0 saturated carbocycles. The summed E-state index contributed by atoms with van der Waals surface area (Å²) in [6, 6.07) is 62.0. The third-order valence-electron chi connectivity index (χ3n) is 12.7. The van der Waals surface area contributed by atoms with Crippen LogP contribution in [0.5, 0.6) is 0 Å². The van der Waals surface area contributed by atoms with Gasteiger partial charge in [0.1, 0.15) is 0 Å². The summed E-state index contributed by atoms with van der Waals surface area (Å²) < 4.78 is 0. The highest BCUT2D eigenvalue weighted by atomic mass is 14.9. The van der Waals surface area contributed by atoms with Crippen LogP contribution in [0.2, 0.25) is 0 Å². The lowest BCUT2D eigenvalue weighted by atomic mass is 9.81. The van der Waals surface area contributed by atoms with Crippen LogP contribution < -0.4 is 0 Å². The Labute approximate surface area is 328 Å². The molecule has 0 radical (unpaired) electrons. The lowest BCUT2D eigenvalue weighted by molar-refractivity contribution is 0.660. The highest BCUT2D eigenvalue weighted by molar-refractivity contribution is 6.11. The molecular weight excluding hydrogens is 677 g/mol. The summed E-state index contributed by atoms with van der Waals surface area (Å²) >= 11 is 0. The van der Waals surface area contributed by atoms with Crippen LogP contribution in [0.25, 0.3) is 88.8 Å².